The number of carbonyl (C=O) groups excluding carboxylic acids is 1. The molecule has 1 rings (SSSR count). The number of aliphatic hydroxyl groups excluding tert-OH is 1. The van der Waals surface area contributed by atoms with E-state index in [2.05, 4.69) is 6.92 Å². The van der Waals surface area contributed by atoms with E-state index in [1.807, 2.05) is 30.3 Å². The largest absolute Gasteiger partial charge is 0.550 e. The summed E-state index contributed by atoms with van der Waals surface area (Å²) < 4.78 is 0. The summed E-state index contributed by atoms with van der Waals surface area (Å²) in [7, 11) is 0. The van der Waals surface area contributed by atoms with E-state index < -0.39 is 22.9 Å². The molecule has 4 heteroatoms. The van der Waals surface area contributed by atoms with Gasteiger partial charge in [0.1, 0.15) is 0 Å². The number of carboxylic acid groups (broad SMARTS) is 1. The Labute approximate surface area is 140 Å². The van der Waals surface area contributed by atoms with E-state index in [1.165, 1.54) is 0 Å². The molecule has 0 aromatic heterocycles. The molecule has 0 fully saturated rings. The van der Waals surface area contributed by atoms with Gasteiger partial charge in [-0.25, -0.2) is 0 Å². The van der Waals surface area contributed by atoms with Crippen LogP contribution >= 0.6 is 0 Å². The summed E-state index contributed by atoms with van der Waals surface area (Å²) in [6.07, 6.45) is 3.27. The lowest BCUT2D eigenvalue weighted by atomic mass is 9.58. The molecular formula is C19H33NO3. The standard InChI is InChI=1S/C19H30O3.H3N/c1-5-6-12-19(13-15(2)20,18(3,4)17(21)22)14-16-10-8-7-9-11-16;/h7-11,15,20H,5-6,12-14H2,1-4H3,(H,21,22);1H3. The van der Waals surface area contributed by atoms with Gasteiger partial charge < -0.3 is 21.2 Å². The second kappa shape index (κ2) is 9.04. The molecular weight excluding hydrogens is 290 g/mol. The number of unbranched alkanes of at least 4 members (excludes halogenated alkanes) is 1. The summed E-state index contributed by atoms with van der Waals surface area (Å²) in [4.78, 5) is 11.8. The maximum atomic E-state index is 11.8. The Balaban J connectivity index is 0.00000484. The molecule has 0 aliphatic rings. The van der Waals surface area contributed by atoms with Crippen molar-refractivity contribution >= 4 is 5.97 Å². The van der Waals surface area contributed by atoms with Crippen LogP contribution in [-0.2, 0) is 11.2 Å². The molecule has 0 saturated heterocycles. The van der Waals surface area contributed by atoms with Crippen LogP contribution in [0.25, 0.3) is 0 Å². The van der Waals surface area contributed by atoms with Gasteiger partial charge in [0.25, 0.3) is 0 Å². The Bertz CT molecular complexity index is 471. The van der Waals surface area contributed by atoms with Gasteiger partial charge in [-0.2, -0.15) is 0 Å². The minimum atomic E-state index is -1.04. The van der Waals surface area contributed by atoms with Crippen LogP contribution in [0.2, 0.25) is 0 Å². The van der Waals surface area contributed by atoms with Crippen molar-refractivity contribution in [3.8, 4) is 0 Å². The number of carboxylic acids is 1. The zero-order valence-corrected chi connectivity index (χ0v) is 15.3. The Kier molecular flexibility index (Phi) is 8.49. The average molecular weight is 323 g/mol. The molecule has 4 nitrogen and oxygen atoms in total. The number of quaternary nitrogens is 1. The number of hydrogen-bond acceptors (Lipinski definition) is 3. The fourth-order valence-electron chi connectivity index (χ4n) is 3.33. The SMILES string of the molecule is CCCCC(Cc1ccccc1)(CC(C)O)C(C)(C)C(=O)[O-].[NH4+]. The molecule has 132 valence electrons. The Hall–Kier alpha value is -1.39. The van der Waals surface area contributed by atoms with Crippen molar-refractivity contribution in [3.63, 3.8) is 0 Å². The molecule has 0 aliphatic carbocycles. The van der Waals surface area contributed by atoms with Gasteiger partial charge in [0.05, 0.1) is 6.10 Å². The van der Waals surface area contributed by atoms with E-state index in [9.17, 15) is 15.0 Å². The highest BCUT2D eigenvalue weighted by Crippen LogP contribution is 2.49. The van der Waals surface area contributed by atoms with Crippen molar-refractivity contribution < 1.29 is 15.0 Å². The van der Waals surface area contributed by atoms with Gasteiger partial charge in [-0.05, 0) is 37.2 Å². The molecule has 1 aromatic rings. The number of carbonyl (C=O) groups is 1. The maximum Gasteiger partial charge on any atom is 0.0517 e. The van der Waals surface area contributed by atoms with Gasteiger partial charge in [0.2, 0.25) is 0 Å². The van der Waals surface area contributed by atoms with E-state index in [4.69, 9.17) is 0 Å². The predicted molar refractivity (Wildman–Crippen MR) is 93.2 cm³/mol. The Morgan fingerprint density at radius 1 is 1.26 bits per heavy atom. The number of aliphatic hydroxyl groups is 1. The quantitative estimate of drug-likeness (QED) is 0.729. The summed E-state index contributed by atoms with van der Waals surface area (Å²) >= 11 is 0. The molecule has 2 unspecified atom stereocenters. The van der Waals surface area contributed by atoms with Crippen LogP contribution in [0.4, 0.5) is 0 Å². The number of hydrogen-bond donors (Lipinski definition) is 2. The Morgan fingerprint density at radius 3 is 2.26 bits per heavy atom. The van der Waals surface area contributed by atoms with Crippen LogP contribution in [0.15, 0.2) is 30.3 Å². The van der Waals surface area contributed by atoms with Crippen LogP contribution in [0.3, 0.4) is 0 Å². The molecule has 0 spiro atoms. The first kappa shape index (κ1) is 21.6. The molecule has 23 heavy (non-hydrogen) atoms. The first-order valence-electron chi connectivity index (χ1n) is 8.18. The van der Waals surface area contributed by atoms with Gasteiger partial charge >= 0.3 is 0 Å². The van der Waals surface area contributed by atoms with E-state index in [-0.39, 0.29) is 6.15 Å². The van der Waals surface area contributed by atoms with Crippen LogP contribution < -0.4 is 11.3 Å². The zero-order chi connectivity index (χ0) is 16.8. The van der Waals surface area contributed by atoms with Crippen LogP contribution in [0.1, 0.15) is 58.9 Å². The van der Waals surface area contributed by atoms with Crippen molar-refractivity contribution in [3.05, 3.63) is 35.9 Å². The predicted octanol–water partition coefficient (Wildman–Crippen LogP) is 3.33. The van der Waals surface area contributed by atoms with E-state index >= 15 is 0 Å². The fraction of sp³-hybridized carbons (Fsp3) is 0.632. The maximum absolute atomic E-state index is 11.8. The minimum Gasteiger partial charge on any atom is -0.550 e. The molecule has 0 aliphatic heterocycles. The number of rotatable bonds is 9. The molecule has 0 saturated carbocycles. The van der Waals surface area contributed by atoms with E-state index in [0.717, 1.165) is 24.8 Å². The van der Waals surface area contributed by atoms with Crippen molar-refractivity contribution in [2.75, 3.05) is 0 Å². The van der Waals surface area contributed by atoms with Crippen LogP contribution in [-0.4, -0.2) is 17.2 Å². The van der Waals surface area contributed by atoms with Gasteiger partial charge in [-0.15, -0.1) is 0 Å². The van der Waals surface area contributed by atoms with E-state index in [0.29, 0.717) is 12.8 Å². The first-order chi connectivity index (χ1) is 10.2. The average Bonchev–Trinajstić information content (AvgIpc) is 2.44. The lowest BCUT2D eigenvalue weighted by Crippen LogP contribution is -2.52. The summed E-state index contributed by atoms with van der Waals surface area (Å²) in [5.74, 6) is -1.04. The van der Waals surface area contributed by atoms with Gasteiger partial charge in [-0.3, -0.25) is 0 Å². The highest BCUT2D eigenvalue weighted by Gasteiger charge is 2.45. The Morgan fingerprint density at radius 2 is 1.83 bits per heavy atom. The van der Waals surface area contributed by atoms with Crippen LogP contribution in [0.5, 0.6) is 0 Å². The van der Waals surface area contributed by atoms with E-state index in [1.54, 1.807) is 20.8 Å². The first-order valence-corrected chi connectivity index (χ1v) is 8.18. The summed E-state index contributed by atoms with van der Waals surface area (Å²) in [5, 5.41) is 21.8. The lowest BCUT2D eigenvalue weighted by Gasteiger charge is -2.49. The molecule has 0 heterocycles. The summed E-state index contributed by atoms with van der Waals surface area (Å²) in [5.41, 5.74) is -0.416. The third-order valence-corrected chi connectivity index (χ3v) is 4.92. The normalized spacial score (nSPS) is 15.3. The third kappa shape index (κ3) is 5.33. The van der Waals surface area contributed by atoms with Gasteiger partial charge in [-0.1, -0.05) is 63.9 Å². The smallest absolute Gasteiger partial charge is 0.0517 e. The van der Waals surface area contributed by atoms with Gasteiger partial charge in [0, 0.05) is 11.4 Å². The monoisotopic (exact) mass is 323 g/mol. The van der Waals surface area contributed by atoms with Gasteiger partial charge in [0.15, 0.2) is 0 Å². The molecule has 0 radical (unpaired) electrons. The number of aliphatic carboxylic acids is 1. The molecule has 0 amide bonds. The fourth-order valence-corrected chi connectivity index (χ4v) is 3.33. The molecule has 1 aromatic carbocycles. The van der Waals surface area contributed by atoms with Crippen molar-refractivity contribution in [1.82, 2.24) is 6.15 Å². The minimum absolute atomic E-state index is 0. The lowest BCUT2D eigenvalue weighted by molar-refractivity contribution is -0.324. The van der Waals surface area contributed by atoms with Crippen molar-refractivity contribution in [1.29, 1.82) is 0 Å². The summed E-state index contributed by atoms with van der Waals surface area (Å²) in [6, 6.07) is 9.93. The highest BCUT2D eigenvalue weighted by molar-refractivity contribution is 5.72. The second-order valence-electron chi connectivity index (χ2n) is 7.01. The third-order valence-electron chi connectivity index (χ3n) is 4.92. The zero-order valence-electron chi connectivity index (χ0n) is 15.3. The molecule has 5 N–H and O–H groups in total. The molecule has 2 atom stereocenters. The van der Waals surface area contributed by atoms with Crippen molar-refractivity contribution in [2.45, 2.75) is 65.9 Å². The highest BCUT2D eigenvalue weighted by atomic mass is 16.4. The summed E-state index contributed by atoms with van der Waals surface area (Å²) in [6.45, 7) is 7.31. The van der Waals surface area contributed by atoms with Crippen LogP contribution in [0, 0.1) is 10.8 Å². The van der Waals surface area contributed by atoms with Crippen molar-refractivity contribution in [2.24, 2.45) is 10.8 Å². The number of benzene rings is 1. The topological polar surface area (TPSA) is 96.9 Å². The second-order valence-corrected chi connectivity index (χ2v) is 7.01. The molecule has 0 bridgehead atoms.